The normalized spacial score (nSPS) is 18.1. The quantitative estimate of drug-likeness (QED) is 0.817. The lowest BCUT2D eigenvalue weighted by molar-refractivity contribution is 0.0941. The Hall–Kier alpha value is -2.88. The van der Waals surface area contributed by atoms with Gasteiger partial charge in [0.15, 0.2) is 9.84 Å². The van der Waals surface area contributed by atoms with Crippen molar-refractivity contribution in [2.45, 2.75) is 12.5 Å². The minimum Gasteiger partial charge on any atom is -0.348 e. The van der Waals surface area contributed by atoms with E-state index in [1.165, 1.54) is 12.3 Å². The predicted molar refractivity (Wildman–Crippen MR) is 93.1 cm³/mol. The number of carbonyl (C=O) groups is 2. The number of aromatic nitrogens is 1. The number of carbonyl (C=O) groups excluding carboxylic acids is 2. The van der Waals surface area contributed by atoms with E-state index in [-0.39, 0.29) is 22.8 Å². The summed E-state index contributed by atoms with van der Waals surface area (Å²) in [6.45, 7) is 0. The van der Waals surface area contributed by atoms with Crippen LogP contribution in [0.4, 0.5) is 14.5 Å². The van der Waals surface area contributed by atoms with E-state index in [9.17, 15) is 26.8 Å². The third kappa shape index (κ3) is 4.45. The number of anilines is 1. The number of sulfone groups is 1. The minimum absolute atomic E-state index is 0.0101. The van der Waals surface area contributed by atoms with Crippen LogP contribution in [0.2, 0.25) is 0 Å². The Morgan fingerprint density at radius 2 is 1.81 bits per heavy atom. The standard InChI is InChI=1S/C17H15F2N3O4S/c18-12-2-1-3-13(19)15(12)22-17(24)14-8-10(4-6-20-14)16(23)21-11-5-7-27(25,26)9-11/h1-4,6,8,11H,5,7,9H2,(H,21,23)(H,22,24). The molecule has 1 aromatic heterocycles. The average molecular weight is 395 g/mol. The predicted octanol–water partition coefficient (Wildman–Crippen LogP) is 1.53. The Labute approximate surface area is 153 Å². The zero-order valence-corrected chi connectivity index (χ0v) is 14.7. The van der Waals surface area contributed by atoms with Gasteiger partial charge in [0.2, 0.25) is 0 Å². The second-order valence-corrected chi connectivity index (χ2v) is 8.28. The molecule has 1 aliphatic heterocycles. The molecule has 2 amide bonds. The molecule has 3 rings (SSSR count). The summed E-state index contributed by atoms with van der Waals surface area (Å²) >= 11 is 0. The lowest BCUT2D eigenvalue weighted by atomic mass is 10.1. The number of para-hydroxylation sites is 1. The maximum Gasteiger partial charge on any atom is 0.274 e. The van der Waals surface area contributed by atoms with E-state index in [4.69, 9.17) is 0 Å². The van der Waals surface area contributed by atoms with Crippen molar-refractivity contribution in [2.75, 3.05) is 16.8 Å². The van der Waals surface area contributed by atoms with Crippen molar-refractivity contribution < 1.29 is 26.8 Å². The number of pyridine rings is 1. The van der Waals surface area contributed by atoms with Crippen molar-refractivity contribution in [3.8, 4) is 0 Å². The SMILES string of the molecule is O=C(NC1CCS(=O)(=O)C1)c1ccnc(C(=O)Nc2c(F)cccc2F)c1. The molecule has 1 atom stereocenters. The van der Waals surface area contributed by atoms with Gasteiger partial charge in [-0.05, 0) is 30.7 Å². The molecule has 0 saturated carbocycles. The van der Waals surface area contributed by atoms with E-state index < -0.39 is 45.0 Å². The van der Waals surface area contributed by atoms with Crippen LogP contribution < -0.4 is 10.6 Å². The topological polar surface area (TPSA) is 105 Å². The number of nitrogens with zero attached hydrogens (tertiary/aromatic N) is 1. The molecule has 2 heterocycles. The summed E-state index contributed by atoms with van der Waals surface area (Å²) in [5.74, 6) is -3.47. The molecule has 1 aliphatic rings. The van der Waals surface area contributed by atoms with Crippen LogP contribution in [-0.2, 0) is 9.84 Å². The van der Waals surface area contributed by atoms with Gasteiger partial charge in [-0.25, -0.2) is 17.2 Å². The highest BCUT2D eigenvalue weighted by molar-refractivity contribution is 7.91. The molecule has 142 valence electrons. The lowest BCUT2D eigenvalue weighted by Crippen LogP contribution is -2.35. The van der Waals surface area contributed by atoms with Crippen LogP contribution in [0.1, 0.15) is 27.3 Å². The van der Waals surface area contributed by atoms with Gasteiger partial charge in [0.1, 0.15) is 23.0 Å². The van der Waals surface area contributed by atoms with Crippen LogP contribution in [0, 0.1) is 11.6 Å². The highest BCUT2D eigenvalue weighted by atomic mass is 32.2. The Bertz CT molecular complexity index is 991. The molecule has 2 N–H and O–H groups in total. The van der Waals surface area contributed by atoms with E-state index >= 15 is 0 Å². The van der Waals surface area contributed by atoms with Crippen molar-refractivity contribution in [1.29, 1.82) is 0 Å². The molecule has 10 heteroatoms. The zero-order chi connectivity index (χ0) is 19.6. The molecule has 7 nitrogen and oxygen atoms in total. The van der Waals surface area contributed by atoms with Gasteiger partial charge in [0.25, 0.3) is 11.8 Å². The van der Waals surface area contributed by atoms with Gasteiger partial charge >= 0.3 is 0 Å². The number of amides is 2. The molecular formula is C17H15F2N3O4S. The highest BCUT2D eigenvalue weighted by Gasteiger charge is 2.29. The fourth-order valence-electron chi connectivity index (χ4n) is 2.67. The summed E-state index contributed by atoms with van der Waals surface area (Å²) in [4.78, 5) is 28.3. The third-order valence-electron chi connectivity index (χ3n) is 4.02. The van der Waals surface area contributed by atoms with Gasteiger partial charge in [-0.2, -0.15) is 0 Å². The molecular weight excluding hydrogens is 380 g/mol. The molecule has 0 bridgehead atoms. The molecule has 1 fully saturated rings. The maximum absolute atomic E-state index is 13.6. The summed E-state index contributed by atoms with van der Waals surface area (Å²) in [7, 11) is -3.15. The van der Waals surface area contributed by atoms with Crippen LogP contribution in [-0.4, -0.2) is 42.8 Å². The number of hydrogen-bond donors (Lipinski definition) is 2. The Morgan fingerprint density at radius 3 is 2.44 bits per heavy atom. The smallest absolute Gasteiger partial charge is 0.274 e. The summed E-state index contributed by atoms with van der Waals surface area (Å²) in [6, 6.07) is 5.15. The van der Waals surface area contributed by atoms with Crippen LogP contribution >= 0.6 is 0 Å². The number of rotatable bonds is 4. The van der Waals surface area contributed by atoms with Gasteiger partial charge in [-0.1, -0.05) is 6.07 Å². The highest BCUT2D eigenvalue weighted by Crippen LogP contribution is 2.19. The Kier molecular flexibility index (Phi) is 5.17. The van der Waals surface area contributed by atoms with Crippen molar-refractivity contribution in [3.05, 3.63) is 59.4 Å². The summed E-state index contributed by atoms with van der Waals surface area (Å²) in [5, 5.41) is 4.67. The van der Waals surface area contributed by atoms with Gasteiger partial charge < -0.3 is 10.6 Å². The van der Waals surface area contributed by atoms with Gasteiger partial charge in [-0.15, -0.1) is 0 Å². The largest absolute Gasteiger partial charge is 0.348 e. The number of hydrogen-bond acceptors (Lipinski definition) is 5. The van der Waals surface area contributed by atoms with Crippen LogP contribution in [0.25, 0.3) is 0 Å². The average Bonchev–Trinajstić information content (AvgIpc) is 2.96. The van der Waals surface area contributed by atoms with Gasteiger partial charge in [0.05, 0.1) is 11.5 Å². The molecule has 2 aromatic rings. The van der Waals surface area contributed by atoms with E-state index in [1.807, 2.05) is 0 Å². The van der Waals surface area contributed by atoms with Crippen LogP contribution in [0.3, 0.4) is 0 Å². The van der Waals surface area contributed by atoms with Gasteiger partial charge in [-0.3, -0.25) is 14.6 Å². The second-order valence-electron chi connectivity index (χ2n) is 6.05. The summed E-state index contributed by atoms with van der Waals surface area (Å²) < 4.78 is 50.2. The second kappa shape index (κ2) is 7.39. The van der Waals surface area contributed by atoms with Gasteiger partial charge in [0, 0.05) is 17.8 Å². The molecule has 1 saturated heterocycles. The van der Waals surface area contributed by atoms with Crippen LogP contribution in [0.15, 0.2) is 36.5 Å². The maximum atomic E-state index is 13.6. The van der Waals surface area contributed by atoms with E-state index in [0.29, 0.717) is 6.42 Å². The first-order chi connectivity index (χ1) is 12.7. The molecule has 0 aliphatic carbocycles. The first-order valence-corrected chi connectivity index (χ1v) is 9.80. The van der Waals surface area contributed by atoms with Crippen LogP contribution in [0.5, 0.6) is 0 Å². The Morgan fingerprint density at radius 1 is 1.11 bits per heavy atom. The van der Waals surface area contributed by atoms with Crippen molar-refractivity contribution in [2.24, 2.45) is 0 Å². The summed E-state index contributed by atoms with van der Waals surface area (Å²) in [5.41, 5.74) is -0.756. The summed E-state index contributed by atoms with van der Waals surface area (Å²) in [6.07, 6.45) is 1.52. The monoisotopic (exact) mass is 395 g/mol. The number of nitrogens with one attached hydrogen (secondary N) is 2. The minimum atomic E-state index is -3.15. The number of halogens is 2. The molecule has 1 unspecified atom stereocenters. The van der Waals surface area contributed by atoms with Crippen molar-refractivity contribution >= 4 is 27.3 Å². The fourth-order valence-corrected chi connectivity index (χ4v) is 4.34. The zero-order valence-electron chi connectivity index (χ0n) is 13.9. The van der Waals surface area contributed by atoms with Crippen molar-refractivity contribution in [3.63, 3.8) is 0 Å². The van der Waals surface area contributed by atoms with Crippen molar-refractivity contribution in [1.82, 2.24) is 10.3 Å². The molecule has 1 aromatic carbocycles. The molecule has 0 radical (unpaired) electrons. The molecule has 27 heavy (non-hydrogen) atoms. The van der Waals surface area contributed by atoms with E-state index in [1.54, 1.807) is 0 Å². The third-order valence-corrected chi connectivity index (χ3v) is 5.79. The lowest BCUT2D eigenvalue weighted by Gasteiger charge is -2.11. The first-order valence-electron chi connectivity index (χ1n) is 7.98. The first kappa shape index (κ1) is 18.9. The fraction of sp³-hybridized carbons (Fsp3) is 0.235. The van der Waals surface area contributed by atoms with E-state index in [2.05, 4.69) is 15.6 Å². The molecule has 0 spiro atoms. The number of benzene rings is 1. The Balaban J connectivity index is 1.73. The van der Waals surface area contributed by atoms with E-state index in [0.717, 1.165) is 24.3 Å².